The lowest BCUT2D eigenvalue weighted by Gasteiger charge is -2.20. The molecule has 1 aliphatic carbocycles. The Hall–Kier alpha value is -1.76. The van der Waals surface area contributed by atoms with E-state index in [4.69, 9.17) is 16.2 Å². The van der Waals surface area contributed by atoms with E-state index >= 15 is 0 Å². The first-order valence-electron chi connectivity index (χ1n) is 6.86. The molecule has 1 amide bonds. The van der Waals surface area contributed by atoms with E-state index in [9.17, 15) is 9.59 Å². The molecule has 1 aromatic rings. The number of esters is 1. The fraction of sp³-hybridized carbons (Fsp3) is 0.571. The summed E-state index contributed by atoms with van der Waals surface area (Å²) in [5.74, 6) is -0.645. The first-order valence-corrected chi connectivity index (χ1v) is 7.68. The van der Waals surface area contributed by atoms with Crippen LogP contribution in [0.5, 0.6) is 0 Å². The van der Waals surface area contributed by atoms with Gasteiger partial charge >= 0.3 is 5.97 Å². The van der Waals surface area contributed by atoms with Crippen LogP contribution in [0.15, 0.2) is 0 Å². The molecule has 1 aliphatic rings. The Morgan fingerprint density at radius 1 is 1.43 bits per heavy atom. The molecule has 0 spiro atoms. The largest absolute Gasteiger partial charge is 0.465 e. The van der Waals surface area contributed by atoms with Crippen molar-refractivity contribution in [2.75, 3.05) is 24.7 Å². The zero-order valence-corrected chi connectivity index (χ0v) is 13.3. The fourth-order valence-electron chi connectivity index (χ4n) is 2.43. The number of ether oxygens (including phenoxy) is 1. The van der Waals surface area contributed by atoms with Crippen LogP contribution >= 0.6 is 11.3 Å². The Labute approximate surface area is 127 Å². The summed E-state index contributed by atoms with van der Waals surface area (Å²) in [5, 5.41) is 3.81. The average Bonchev–Trinajstić information content (AvgIpc) is 3.15. The molecule has 1 fully saturated rings. The number of hydrogen-bond acceptors (Lipinski definition) is 6. The molecule has 6 nitrogen and oxygen atoms in total. The van der Waals surface area contributed by atoms with E-state index in [0.717, 1.165) is 30.7 Å². The molecule has 0 aromatic carbocycles. The minimum absolute atomic E-state index is 0.0937. The van der Waals surface area contributed by atoms with Gasteiger partial charge in [-0.25, -0.2) is 4.79 Å². The molecule has 1 saturated carbocycles. The second kappa shape index (κ2) is 5.55. The Morgan fingerprint density at radius 2 is 2.05 bits per heavy atom. The topological polar surface area (TPSA) is 107 Å². The van der Waals surface area contributed by atoms with E-state index in [1.54, 1.807) is 0 Å². The minimum atomic E-state index is -0.638. The van der Waals surface area contributed by atoms with Crippen LogP contribution in [0.1, 0.15) is 46.7 Å². The van der Waals surface area contributed by atoms with Gasteiger partial charge in [-0.2, -0.15) is 0 Å². The van der Waals surface area contributed by atoms with Crippen LogP contribution in [0.3, 0.4) is 0 Å². The molecule has 1 aromatic heterocycles. The van der Waals surface area contributed by atoms with Gasteiger partial charge in [-0.05, 0) is 24.2 Å². The summed E-state index contributed by atoms with van der Waals surface area (Å²) in [6.07, 6.45) is 2.32. The van der Waals surface area contributed by atoms with Gasteiger partial charge in [-0.15, -0.1) is 11.3 Å². The first kappa shape index (κ1) is 15.6. The summed E-state index contributed by atoms with van der Waals surface area (Å²) >= 11 is 1.11. The number of amides is 1. The standard InChI is InChI=1S/C14H21N3O3S/c1-7(2)14(4-5-14)6-17-12-8(13(19)20-3)9(15)10(21-12)11(16)18/h7,17H,4-6,15H2,1-3H3,(H2,16,18). The van der Waals surface area contributed by atoms with Crippen molar-refractivity contribution in [2.45, 2.75) is 26.7 Å². The molecule has 7 heteroatoms. The zero-order valence-electron chi connectivity index (χ0n) is 12.5. The Morgan fingerprint density at radius 3 is 2.48 bits per heavy atom. The highest BCUT2D eigenvalue weighted by molar-refractivity contribution is 7.19. The Kier molecular flexibility index (Phi) is 4.13. The van der Waals surface area contributed by atoms with Crippen LogP contribution in [0.25, 0.3) is 0 Å². The van der Waals surface area contributed by atoms with Crippen LogP contribution in [0.4, 0.5) is 10.7 Å². The lowest BCUT2D eigenvalue weighted by atomic mass is 9.92. The van der Waals surface area contributed by atoms with E-state index < -0.39 is 11.9 Å². The Bertz CT molecular complexity index is 576. The Balaban J connectivity index is 2.27. The van der Waals surface area contributed by atoms with Gasteiger partial charge in [0.25, 0.3) is 5.91 Å². The van der Waals surface area contributed by atoms with Crippen LogP contribution in [0.2, 0.25) is 0 Å². The predicted octanol–water partition coefficient (Wildman–Crippen LogP) is 2.06. The molecule has 0 radical (unpaired) electrons. The van der Waals surface area contributed by atoms with Crippen molar-refractivity contribution in [3.05, 3.63) is 10.4 Å². The molecule has 1 heterocycles. The number of primary amides is 1. The summed E-state index contributed by atoms with van der Waals surface area (Å²) < 4.78 is 4.74. The third-order valence-corrected chi connectivity index (χ3v) is 5.45. The summed E-state index contributed by atoms with van der Waals surface area (Å²) in [5.41, 5.74) is 11.7. The van der Waals surface area contributed by atoms with Gasteiger partial charge in [-0.3, -0.25) is 4.79 Å². The van der Waals surface area contributed by atoms with Crippen molar-refractivity contribution < 1.29 is 14.3 Å². The fourth-order valence-corrected chi connectivity index (χ4v) is 3.39. The van der Waals surface area contributed by atoms with Crippen molar-refractivity contribution in [2.24, 2.45) is 17.1 Å². The molecule has 0 atom stereocenters. The number of nitrogens with one attached hydrogen (secondary N) is 1. The quantitative estimate of drug-likeness (QED) is 0.697. The second-order valence-corrected chi connectivity index (χ2v) is 6.80. The summed E-state index contributed by atoms with van der Waals surface area (Å²) in [7, 11) is 1.28. The lowest BCUT2D eigenvalue weighted by molar-refractivity contribution is 0.0603. The van der Waals surface area contributed by atoms with Gasteiger partial charge in [0.05, 0.1) is 12.8 Å². The zero-order chi connectivity index (χ0) is 15.8. The van der Waals surface area contributed by atoms with Crippen LogP contribution < -0.4 is 16.8 Å². The number of rotatable bonds is 6. The predicted molar refractivity (Wildman–Crippen MR) is 83.6 cm³/mol. The maximum Gasteiger partial charge on any atom is 0.343 e. The number of carbonyl (C=O) groups excluding carboxylic acids is 2. The second-order valence-electron chi connectivity index (χ2n) is 5.78. The number of hydrogen-bond donors (Lipinski definition) is 3. The molecule has 21 heavy (non-hydrogen) atoms. The summed E-state index contributed by atoms with van der Waals surface area (Å²) in [6.45, 7) is 5.12. The summed E-state index contributed by atoms with van der Waals surface area (Å²) in [4.78, 5) is 23.5. The maximum absolute atomic E-state index is 11.9. The van der Waals surface area contributed by atoms with E-state index in [-0.39, 0.29) is 21.5 Å². The molecule has 0 unspecified atom stereocenters. The van der Waals surface area contributed by atoms with Crippen molar-refractivity contribution in [3.63, 3.8) is 0 Å². The number of methoxy groups -OCH3 is 1. The number of carbonyl (C=O) groups is 2. The van der Waals surface area contributed by atoms with Crippen LogP contribution in [-0.4, -0.2) is 25.5 Å². The number of thiophene rings is 1. The smallest absolute Gasteiger partial charge is 0.343 e. The molecule has 5 N–H and O–H groups in total. The third-order valence-electron chi connectivity index (χ3n) is 4.28. The lowest BCUT2D eigenvalue weighted by Crippen LogP contribution is -2.21. The van der Waals surface area contributed by atoms with E-state index in [1.165, 1.54) is 7.11 Å². The highest BCUT2D eigenvalue weighted by atomic mass is 32.1. The maximum atomic E-state index is 11.9. The first-order chi connectivity index (χ1) is 9.82. The van der Waals surface area contributed by atoms with E-state index in [2.05, 4.69) is 19.2 Å². The highest BCUT2D eigenvalue weighted by Crippen LogP contribution is 2.52. The van der Waals surface area contributed by atoms with Crippen molar-refractivity contribution in [1.29, 1.82) is 0 Å². The van der Waals surface area contributed by atoms with E-state index in [1.807, 2.05) is 0 Å². The monoisotopic (exact) mass is 311 g/mol. The minimum Gasteiger partial charge on any atom is -0.465 e. The van der Waals surface area contributed by atoms with E-state index in [0.29, 0.717) is 10.9 Å². The SMILES string of the molecule is COC(=O)c1c(NCC2(C(C)C)CC2)sc(C(N)=O)c1N. The number of nitrogen functional groups attached to an aromatic ring is 1. The highest BCUT2D eigenvalue weighted by Gasteiger charge is 2.45. The van der Waals surface area contributed by atoms with Gasteiger partial charge in [0.1, 0.15) is 15.4 Å². The number of anilines is 2. The molecule has 2 rings (SSSR count). The summed E-state index contributed by atoms with van der Waals surface area (Å²) in [6, 6.07) is 0. The van der Waals surface area contributed by atoms with Crippen molar-refractivity contribution in [3.8, 4) is 0 Å². The third kappa shape index (κ3) is 2.83. The van der Waals surface area contributed by atoms with Crippen LogP contribution in [0, 0.1) is 11.3 Å². The molecular weight excluding hydrogens is 290 g/mol. The molecule has 0 aliphatic heterocycles. The van der Waals surface area contributed by atoms with Gasteiger partial charge < -0.3 is 21.5 Å². The van der Waals surface area contributed by atoms with Crippen molar-refractivity contribution >= 4 is 33.9 Å². The van der Waals surface area contributed by atoms with Gasteiger partial charge in [0.2, 0.25) is 0 Å². The molecular formula is C14H21N3O3S. The van der Waals surface area contributed by atoms with Crippen LogP contribution in [-0.2, 0) is 4.74 Å². The van der Waals surface area contributed by atoms with Gasteiger partial charge in [0, 0.05) is 6.54 Å². The average molecular weight is 311 g/mol. The molecule has 116 valence electrons. The van der Waals surface area contributed by atoms with Crippen molar-refractivity contribution in [1.82, 2.24) is 0 Å². The number of nitrogens with two attached hydrogens (primary N) is 2. The van der Waals surface area contributed by atoms with Gasteiger partial charge in [0.15, 0.2) is 0 Å². The normalized spacial score (nSPS) is 15.8. The molecule has 0 saturated heterocycles. The van der Waals surface area contributed by atoms with Gasteiger partial charge in [-0.1, -0.05) is 13.8 Å². The molecule has 0 bridgehead atoms.